The third-order valence-electron chi connectivity index (χ3n) is 2.62. The maximum absolute atomic E-state index is 12.5. The maximum Gasteiger partial charge on any atom is 0.253 e. The average molecular weight is 257 g/mol. The van der Waals surface area contributed by atoms with E-state index in [9.17, 15) is 8.78 Å². The summed E-state index contributed by atoms with van der Waals surface area (Å²) in [6.07, 6.45) is -2.26. The minimum Gasteiger partial charge on any atom is -0.491 e. The fraction of sp³-hybridized carbons (Fsp3) is 0.571. The largest absolute Gasteiger partial charge is 0.491 e. The van der Waals surface area contributed by atoms with E-state index in [0.717, 1.165) is 11.3 Å². The molecule has 0 bridgehead atoms. The van der Waals surface area contributed by atoms with Gasteiger partial charge in [0.1, 0.15) is 5.75 Å². The Labute approximate surface area is 107 Å². The van der Waals surface area contributed by atoms with E-state index in [1.165, 1.54) is 6.92 Å². The Balaban J connectivity index is 2.70. The maximum atomic E-state index is 12.5. The lowest BCUT2D eigenvalue weighted by atomic mass is 10.1. The first kappa shape index (κ1) is 14.9. The van der Waals surface area contributed by atoms with Gasteiger partial charge in [-0.3, -0.25) is 0 Å². The van der Waals surface area contributed by atoms with Crippen LogP contribution in [0, 0.1) is 0 Å². The van der Waals surface area contributed by atoms with Crippen LogP contribution in [0.25, 0.3) is 0 Å². The average Bonchev–Trinajstić information content (AvgIpc) is 2.28. The van der Waals surface area contributed by atoms with Crippen molar-refractivity contribution in [3.63, 3.8) is 0 Å². The van der Waals surface area contributed by atoms with Crippen LogP contribution in [0.5, 0.6) is 5.75 Å². The van der Waals surface area contributed by atoms with Crippen LogP contribution >= 0.6 is 0 Å². The van der Waals surface area contributed by atoms with Crippen molar-refractivity contribution in [2.24, 2.45) is 0 Å². The molecule has 0 amide bonds. The zero-order chi connectivity index (χ0) is 13.7. The number of benzene rings is 1. The molecule has 1 aromatic carbocycles. The van der Waals surface area contributed by atoms with Gasteiger partial charge in [-0.05, 0) is 45.4 Å². The lowest BCUT2D eigenvalue weighted by Crippen LogP contribution is -2.34. The van der Waals surface area contributed by atoms with Crippen LogP contribution in [0.15, 0.2) is 24.3 Å². The summed E-state index contributed by atoms with van der Waals surface area (Å²) >= 11 is 0. The minimum absolute atomic E-state index is 0.100. The van der Waals surface area contributed by atoms with Crippen LogP contribution in [-0.4, -0.2) is 18.6 Å². The lowest BCUT2D eigenvalue weighted by molar-refractivity contribution is 0.101. The van der Waals surface area contributed by atoms with E-state index >= 15 is 0 Å². The van der Waals surface area contributed by atoms with Crippen molar-refractivity contribution in [1.29, 1.82) is 0 Å². The molecule has 0 aliphatic heterocycles. The van der Waals surface area contributed by atoms with Crippen molar-refractivity contribution in [2.45, 2.75) is 52.3 Å². The fourth-order valence-electron chi connectivity index (χ4n) is 1.69. The van der Waals surface area contributed by atoms with Crippen molar-refractivity contribution in [1.82, 2.24) is 5.32 Å². The van der Waals surface area contributed by atoms with Gasteiger partial charge in [0.2, 0.25) is 0 Å². The monoisotopic (exact) mass is 257 g/mol. The first-order chi connectivity index (χ1) is 8.40. The highest BCUT2D eigenvalue weighted by molar-refractivity contribution is 5.30. The summed E-state index contributed by atoms with van der Waals surface area (Å²) in [7, 11) is 0. The predicted molar refractivity (Wildman–Crippen MR) is 69.2 cm³/mol. The van der Waals surface area contributed by atoms with Gasteiger partial charge < -0.3 is 10.1 Å². The van der Waals surface area contributed by atoms with Crippen molar-refractivity contribution in [3.05, 3.63) is 29.8 Å². The zero-order valence-electron chi connectivity index (χ0n) is 11.3. The second-order valence-electron chi connectivity index (χ2n) is 4.75. The molecule has 2 nitrogen and oxygen atoms in total. The normalized spacial score (nSPS) is 14.9. The molecule has 1 aromatic rings. The predicted octanol–water partition coefficient (Wildman–Crippen LogP) is 3.78. The second-order valence-corrected chi connectivity index (χ2v) is 4.75. The summed E-state index contributed by atoms with van der Waals surface area (Å²) in [5, 5.41) is 2.87. The molecule has 1 rings (SSSR count). The van der Waals surface area contributed by atoms with Gasteiger partial charge in [0.25, 0.3) is 6.43 Å². The van der Waals surface area contributed by atoms with Gasteiger partial charge >= 0.3 is 0 Å². The van der Waals surface area contributed by atoms with E-state index in [4.69, 9.17) is 4.74 Å². The van der Waals surface area contributed by atoms with Gasteiger partial charge in [0, 0.05) is 6.04 Å². The van der Waals surface area contributed by atoms with Crippen LogP contribution in [0.3, 0.4) is 0 Å². The first-order valence-electron chi connectivity index (χ1n) is 6.21. The molecule has 0 saturated carbocycles. The standard InChI is InChI=1S/C14H21F2NO/c1-9(2)18-13-7-5-6-12(8-13)10(3)17-11(4)14(15)16/h5-11,14,17H,1-4H3. The van der Waals surface area contributed by atoms with Gasteiger partial charge in [-0.1, -0.05) is 12.1 Å². The molecule has 2 atom stereocenters. The number of halogens is 2. The van der Waals surface area contributed by atoms with Gasteiger partial charge in [0.05, 0.1) is 12.1 Å². The number of alkyl halides is 2. The van der Waals surface area contributed by atoms with Crippen LogP contribution < -0.4 is 10.1 Å². The molecular formula is C14H21F2NO. The molecule has 0 heterocycles. The van der Waals surface area contributed by atoms with E-state index in [1.807, 2.05) is 45.0 Å². The highest BCUT2D eigenvalue weighted by Crippen LogP contribution is 2.21. The molecule has 0 aliphatic carbocycles. The van der Waals surface area contributed by atoms with Gasteiger partial charge in [-0.15, -0.1) is 0 Å². The SMILES string of the molecule is CC(C)Oc1cccc(C(C)NC(C)C(F)F)c1. The Kier molecular flexibility index (Phi) is 5.54. The number of hydrogen-bond donors (Lipinski definition) is 1. The van der Waals surface area contributed by atoms with E-state index in [1.54, 1.807) is 0 Å². The van der Waals surface area contributed by atoms with Crippen molar-refractivity contribution in [2.75, 3.05) is 0 Å². The van der Waals surface area contributed by atoms with Gasteiger partial charge in [-0.2, -0.15) is 0 Å². The molecule has 4 heteroatoms. The molecule has 0 aliphatic rings. The Hall–Kier alpha value is -1.16. The molecule has 18 heavy (non-hydrogen) atoms. The Morgan fingerprint density at radius 1 is 1.11 bits per heavy atom. The molecule has 0 saturated heterocycles. The molecule has 0 spiro atoms. The highest BCUT2D eigenvalue weighted by atomic mass is 19.3. The summed E-state index contributed by atoms with van der Waals surface area (Å²) in [4.78, 5) is 0. The van der Waals surface area contributed by atoms with Crippen LogP contribution in [0.4, 0.5) is 8.78 Å². The van der Waals surface area contributed by atoms with E-state index in [2.05, 4.69) is 5.32 Å². The summed E-state index contributed by atoms with van der Waals surface area (Å²) < 4.78 is 30.5. The number of hydrogen-bond acceptors (Lipinski definition) is 2. The van der Waals surface area contributed by atoms with E-state index in [-0.39, 0.29) is 12.1 Å². The first-order valence-corrected chi connectivity index (χ1v) is 6.21. The third-order valence-corrected chi connectivity index (χ3v) is 2.62. The van der Waals surface area contributed by atoms with E-state index in [0.29, 0.717) is 0 Å². The van der Waals surface area contributed by atoms with Crippen molar-refractivity contribution < 1.29 is 13.5 Å². The Morgan fingerprint density at radius 3 is 2.33 bits per heavy atom. The molecule has 102 valence electrons. The smallest absolute Gasteiger partial charge is 0.253 e. The molecular weight excluding hydrogens is 236 g/mol. The lowest BCUT2D eigenvalue weighted by Gasteiger charge is -2.20. The summed E-state index contributed by atoms with van der Waals surface area (Å²) in [6.45, 7) is 7.25. The second kappa shape index (κ2) is 6.69. The molecule has 0 radical (unpaired) electrons. The van der Waals surface area contributed by atoms with Gasteiger partial charge in [-0.25, -0.2) is 8.78 Å². The van der Waals surface area contributed by atoms with Crippen LogP contribution in [0.2, 0.25) is 0 Å². The van der Waals surface area contributed by atoms with Crippen molar-refractivity contribution in [3.8, 4) is 5.75 Å². The molecule has 1 N–H and O–H groups in total. The van der Waals surface area contributed by atoms with E-state index < -0.39 is 12.5 Å². The number of rotatable bonds is 6. The zero-order valence-corrected chi connectivity index (χ0v) is 11.3. The fourth-order valence-corrected chi connectivity index (χ4v) is 1.69. The Morgan fingerprint density at radius 2 is 1.78 bits per heavy atom. The van der Waals surface area contributed by atoms with Crippen LogP contribution in [-0.2, 0) is 0 Å². The minimum atomic E-state index is -2.36. The summed E-state index contributed by atoms with van der Waals surface area (Å²) in [5.74, 6) is 0.765. The molecule has 2 unspecified atom stereocenters. The topological polar surface area (TPSA) is 21.3 Å². The van der Waals surface area contributed by atoms with Crippen molar-refractivity contribution >= 4 is 0 Å². The van der Waals surface area contributed by atoms with Gasteiger partial charge in [0.15, 0.2) is 0 Å². The summed E-state index contributed by atoms with van der Waals surface area (Å²) in [5.41, 5.74) is 0.945. The summed E-state index contributed by atoms with van der Waals surface area (Å²) in [6, 6.07) is 6.57. The quantitative estimate of drug-likeness (QED) is 0.837. The number of nitrogens with one attached hydrogen (secondary N) is 1. The molecule has 0 fully saturated rings. The molecule has 0 aromatic heterocycles. The number of ether oxygens (including phenoxy) is 1. The highest BCUT2D eigenvalue weighted by Gasteiger charge is 2.17. The van der Waals surface area contributed by atoms with Crippen LogP contribution in [0.1, 0.15) is 39.3 Å². The third kappa shape index (κ3) is 4.61. The Bertz CT molecular complexity index is 369.